The third-order valence-corrected chi connectivity index (χ3v) is 4.15. The first-order valence-electron chi connectivity index (χ1n) is 6.60. The Morgan fingerprint density at radius 1 is 1.15 bits per heavy atom. The van der Waals surface area contributed by atoms with Crippen LogP contribution in [0.4, 0.5) is 0 Å². The van der Waals surface area contributed by atoms with Crippen LogP contribution in [0.2, 0.25) is 0 Å². The van der Waals surface area contributed by atoms with E-state index in [9.17, 15) is 9.59 Å². The fraction of sp³-hybridized carbons (Fsp3) is 0.467. The monoisotopic (exact) mass is 296 g/mol. The normalized spacial score (nSPS) is 13.3. The number of hydrogen-bond donors (Lipinski definition) is 0. The van der Waals surface area contributed by atoms with E-state index in [1.54, 1.807) is 6.92 Å². The molecule has 0 aliphatic rings. The zero-order chi connectivity index (χ0) is 15.0. The molecule has 1 aromatic rings. The molecule has 0 aromatic heterocycles. The maximum Gasteiger partial charge on any atom is 0.320 e. The number of thioether (sulfide) groups is 1. The molecule has 2 atom stereocenters. The number of hydrogen-bond acceptors (Lipinski definition) is 5. The molecule has 0 aliphatic heterocycles. The molecule has 1 aromatic carbocycles. The van der Waals surface area contributed by atoms with Gasteiger partial charge < -0.3 is 9.47 Å². The summed E-state index contributed by atoms with van der Waals surface area (Å²) in [5.74, 6) is -1.27. The van der Waals surface area contributed by atoms with Crippen LogP contribution in [0.3, 0.4) is 0 Å². The average Bonchev–Trinajstić information content (AvgIpc) is 2.48. The fourth-order valence-electron chi connectivity index (χ4n) is 1.82. The number of benzene rings is 1. The van der Waals surface area contributed by atoms with Crippen molar-refractivity contribution >= 4 is 23.7 Å². The lowest BCUT2D eigenvalue weighted by Crippen LogP contribution is -2.34. The van der Waals surface area contributed by atoms with E-state index < -0.39 is 11.2 Å². The first kappa shape index (κ1) is 16.6. The molecule has 0 unspecified atom stereocenters. The highest BCUT2D eigenvalue weighted by Gasteiger charge is 2.35. The van der Waals surface area contributed by atoms with Gasteiger partial charge in [-0.15, -0.1) is 11.8 Å². The molecular formula is C15H20O4S. The lowest BCUT2D eigenvalue weighted by atomic mass is 10.0. The topological polar surface area (TPSA) is 52.6 Å². The molecule has 1 rings (SSSR count). The minimum atomic E-state index is -0.588. The van der Waals surface area contributed by atoms with Gasteiger partial charge in [-0.3, -0.25) is 9.59 Å². The van der Waals surface area contributed by atoms with Crippen molar-refractivity contribution in [2.75, 3.05) is 13.7 Å². The zero-order valence-corrected chi connectivity index (χ0v) is 12.8. The smallest absolute Gasteiger partial charge is 0.320 e. The van der Waals surface area contributed by atoms with Gasteiger partial charge in [-0.25, -0.2) is 0 Å². The summed E-state index contributed by atoms with van der Waals surface area (Å²) in [5, 5.41) is -0.588. The number of ether oxygens (including phenoxy) is 2. The van der Waals surface area contributed by atoms with Gasteiger partial charge in [0, 0.05) is 4.90 Å². The molecule has 0 saturated carbocycles. The quantitative estimate of drug-likeness (QED) is 0.572. The highest BCUT2D eigenvalue weighted by Crippen LogP contribution is 2.31. The van der Waals surface area contributed by atoms with Gasteiger partial charge in [-0.2, -0.15) is 0 Å². The second kappa shape index (κ2) is 8.64. The van der Waals surface area contributed by atoms with Crippen LogP contribution in [0.5, 0.6) is 0 Å². The molecule has 0 saturated heterocycles. The van der Waals surface area contributed by atoms with Gasteiger partial charge in [0.2, 0.25) is 0 Å². The summed E-state index contributed by atoms with van der Waals surface area (Å²) >= 11 is 1.34. The summed E-state index contributed by atoms with van der Waals surface area (Å²) < 4.78 is 9.88. The van der Waals surface area contributed by atoms with Crippen LogP contribution in [0, 0.1) is 5.92 Å². The van der Waals surface area contributed by atoms with Gasteiger partial charge in [-0.1, -0.05) is 25.1 Å². The van der Waals surface area contributed by atoms with Crippen molar-refractivity contribution < 1.29 is 19.1 Å². The third kappa shape index (κ3) is 4.56. The lowest BCUT2D eigenvalue weighted by molar-refractivity contribution is -0.152. The van der Waals surface area contributed by atoms with Crippen LogP contribution in [-0.2, 0) is 19.1 Å². The van der Waals surface area contributed by atoms with E-state index in [-0.39, 0.29) is 11.9 Å². The molecule has 0 N–H and O–H groups in total. The van der Waals surface area contributed by atoms with Crippen LogP contribution < -0.4 is 0 Å². The van der Waals surface area contributed by atoms with Crippen LogP contribution >= 0.6 is 11.8 Å². The molecular weight excluding hydrogens is 276 g/mol. The van der Waals surface area contributed by atoms with Crippen LogP contribution in [0.25, 0.3) is 0 Å². The van der Waals surface area contributed by atoms with E-state index >= 15 is 0 Å². The summed E-state index contributed by atoms with van der Waals surface area (Å²) in [5.41, 5.74) is 0. The highest BCUT2D eigenvalue weighted by molar-refractivity contribution is 8.00. The average molecular weight is 296 g/mol. The molecule has 0 fully saturated rings. The Balaban J connectivity index is 2.94. The van der Waals surface area contributed by atoms with Gasteiger partial charge in [0.05, 0.1) is 19.6 Å². The molecule has 0 radical (unpaired) electrons. The van der Waals surface area contributed by atoms with Gasteiger partial charge in [0.25, 0.3) is 0 Å². The lowest BCUT2D eigenvalue weighted by Gasteiger charge is -2.22. The maximum atomic E-state index is 12.1. The fourth-order valence-corrected chi connectivity index (χ4v) is 3.06. The minimum absolute atomic E-state index is 0.294. The molecule has 0 spiro atoms. The van der Waals surface area contributed by atoms with Gasteiger partial charge in [0.15, 0.2) is 0 Å². The Morgan fingerprint density at radius 3 is 2.30 bits per heavy atom. The first-order chi connectivity index (χ1) is 9.63. The first-order valence-corrected chi connectivity index (χ1v) is 7.48. The van der Waals surface area contributed by atoms with E-state index in [1.165, 1.54) is 18.9 Å². The maximum absolute atomic E-state index is 12.1. The Kier molecular flexibility index (Phi) is 7.15. The molecule has 110 valence electrons. The molecule has 0 amide bonds. The van der Waals surface area contributed by atoms with Crippen molar-refractivity contribution in [3.63, 3.8) is 0 Å². The molecule has 0 aliphatic carbocycles. The number of esters is 2. The van der Waals surface area contributed by atoms with E-state index in [0.717, 1.165) is 4.90 Å². The van der Waals surface area contributed by atoms with Crippen molar-refractivity contribution in [3.05, 3.63) is 30.3 Å². The van der Waals surface area contributed by atoms with Crippen molar-refractivity contribution in [2.45, 2.75) is 30.4 Å². The second-order valence-corrected chi connectivity index (χ2v) is 5.36. The summed E-state index contributed by atoms with van der Waals surface area (Å²) in [4.78, 5) is 24.9. The summed E-state index contributed by atoms with van der Waals surface area (Å²) in [6, 6.07) is 9.50. The third-order valence-electron chi connectivity index (χ3n) is 2.83. The van der Waals surface area contributed by atoms with Gasteiger partial charge in [-0.05, 0) is 25.5 Å². The van der Waals surface area contributed by atoms with Crippen LogP contribution in [0.15, 0.2) is 35.2 Å². The molecule has 4 nitrogen and oxygen atoms in total. The summed E-state index contributed by atoms with van der Waals surface area (Å²) in [7, 11) is 1.33. The van der Waals surface area contributed by atoms with Gasteiger partial charge >= 0.3 is 11.9 Å². The number of carbonyl (C=O) groups is 2. The van der Waals surface area contributed by atoms with E-state index in [4.69, 9.17) is 9.47 Å². The Labute approximate surface area is 123 Å². The number of methoxy groups -OCH3 is 1. The second-order valence-electron chi connectivity index (χ2n) is 4.14. The SMILES string of the molecule is CCOC(=O)[C@H](Sc1ccccc1)[C@H](CC)C(=O)OC. The predicted octanol–water partition coefficient (Wildman–Crippen LogP) is 2.91. The zero-order valence-electron chi connectivity index (χ0n) is 12.0. The largest absolute Gasteiger partial charge is 0.469 e. The number of carbonyl (C=O) groups excluding carboxylic acids is 2. The van der Waals surface area contributed by atoms with Crippen LogP contribution in [-0.4, -0.2) is 30.9 Å². The predicted molar refractivity (Wildman–Crippen MR) is 78.5 cm³/mol. The van der Waals surface area contributed by atoms with Crippen molar-refractivity contribution in [1.82, 2.24) is 0 Å². The van der Waals surface area contributed by atoms with Crippen molar-refractivity contribution in [2.24, 2.45) is 5.92 Å². The molecule has 5 heteroatoms. The highest BCUT2D eigenvalue weighted by atomic mass is 32.2. The standard InChI is InChI=1S/C15H20O4S/c1-4-12(14(16)18-3)13(15(17)19-5-2)20-11-9-7-6-8-10-11/h6-10,12-13H,4-5H2,1-3H3/t12-,13+/m0/s1. The summed E-state index contributed by atoms with van der Waals surface area (Å²) in [6.07, 6.45) is 0.524. The summed E-state index contributed by atoms with van der Waals surface area (Å²) in [6.45, 7) is 3.91. The van der Waals surface area contributed by atoms with E-state index in [2.05, 4.69) is 0 Å². The Bertz CT molecular complexity index is 433. The van der Waals surface area contributed by atoms with Crippen LogP contribution in [0.1, 0.15) is 20.3 Å². The van der Waals surface area contributed by atoms with Gasteiger partial charge in [0.1, 0.15) is 5.25 Å². The Morgan fingerprint density at radius 2 is 1.80 bits per heavy atom. The molecule has 0 heterocycles. The van der Waals surface area contributed by atoms with E-state index in [1.807, 2.05) is 37.3 Å². The minimum Gasteiger partial charge on any atom is -0.469 e. The van der Waals surface area contributed by atoms with Crippen molar-refractivity contribution in [3.8, 4) is 0 Å². The Hall–Kier alpha value is -1.49. The number of rotatable bonds is 7. The van der Waals surface area contributed by atoms with E-state index in [0.29, 0.717) is 13.0 Å². The molecule has 20 heavy (non-hydrogen) atoms. The molecule has 0 bridgehead atoms. The van der Waals surface area contributed by atoms with Crippen molar-refractivity contribution in [1.29, 1.82) is 0 Å².